The predicted molar refractivity (Wildman–Crippen MR) is 65.6 cm³/mol. The lowest BCUT2D eigenvalue weighted by Crippen LogP contribution is -2.32. The maximum atomic E-state index is 12.3. The molecule has 1 amide bonds. The van der Waals surface area contributed by atoms with Gasteiger partial charge >= 0.3 is 0 Å². The Bertz CT molecular complexity index is 416. The second kappa shape index (κ2) is 4.49. The normalized spacial score (nSPS) is 24.4. The van der Waals surface area contributed by atoms with Gasteiger partial charge in [-0.3, -0.25) is 9.48 Å². The second-order valence-electron chi connectivity index (χ2n) is 4.87. The minimum Gasteiger partial charge on any atom is -0.337 e. The molecule has 17 heavy (non-hydrogen) atoms. The van der Waals surface area contributed by atoms with E-state index in [2.05, 4.69) is 12.0 Å². The number of aryl methyl sites for hydroxylation is 2. The standard InChI is InChI=1S/C12H20N4O/c1-4-11-9(6-15(3)14-11)12(17)16-5-8(2)10(13)7-16/h6,8,10H,4-5,7,13H2,1-3H3. The summed E-state index contributed by atoms with van der Waals surface area (Å²) in [5.74, 6) is 0.440. The van der Waals surface area contributed by atoms with Gasteiger partial charge in [-0.25, -0.2) is 0 Å². The summed E-state index contributed by atoms with van der Waals surface area (Å²) in [4.78, 5) is 14.2. The summed E-state index contributed by atoms with van der Waals surface area (Å²) in [6.45, 7) is 5.50. The van der Waals surface area contributed by atoms with E-state index in [9.17, 15) is 4.79 Å². The SMILES string of the molecule is CCc1nn(C)cc1C(=O)N1CC(C)C(N)C1. The highest BCUT2D eigenvalue weighted by Gasteiger charge is 2.31. The molecule has 0 saturated carbocycles. The third-order valence-corrected chi connectivity index (χ3v) is 3.43. The Morgan fingerprint density at radius 3 is 2.82 bits per heavy atom. The molecule has 2 rings (SSSR count). The molecule has 0 aromatic carbocycles. The highest BCUT2D eigenvalue weighted by atomic mass is 16.2. The molecule has 1 fully saturated rings. The van der Waals surface area contributed by atoms with Crippen LogP contribution in [0, 0.1) is 5.92 Å². The quantitative estimate of drug-likeness (QED) is 0.808. The second-order valence-corrected chi connectivity index (χ2v) is 4.87. The van der Waals surface area contributed by atoms with Crippen LogP contribution in [0.1, 0.15) is 29.9 Å². The van der Waals surface area contributed by atoms with E-state index in [-0.39, 0.29) is 11.9 Å². The zero-order valence-electron chi connectivity index (χ0n) is 10.7. The first kappa shape index (κ1) is 12.1. The van der Waals surface area contributed by atoms with Crippen molar-refractivity contribution >= 4 is 5.91 Å². The predicted octanol–water partition coefficient (Wildman–Crippen LogP) is 0.402. The number of rotatable bonds is 2. The van der Waals surface area contributed by atoms with Crippen LogP contribution in [0.25, 0.3) is 0 Å². The van der Waals surface area contributed by atoms with Crippen molar-refractivity contribution in [2.24, 2.45) is 18.7 Å². The van der Waals surface area contributed by atoms with Crippen LogP contribution in [0.2, 0.25) is 0 Å². The van der Waals surface area contributed by atoms with E-state index in [1.54, 1.807) is 10.9 Å². The number of aromatic nitrogens is 2. The van der Waals surface area contributed by atoms with Gasteiger partial charge in [0.25, 0.3) is 5.91 Å². The van der Waals surface area contributed by atoms with Crippen molar-refractivity contribution in [2.75, 3.05) is 13.1 Å². The van der Waals surface area contributed by atoms with Gasteiger partial charge in [-0.05, 0) is 12.3 Å². The van der Waals surface area contributed by atoms with E-state index in [1.165, 1.54) is 0 Å². The first-order valence-corrected chi connectivity index (χ1v) is 6.10. The zero-order valence-corrected chi connectivity index (χ0v) is 10.7. The Morgan fingerprint density at radius 2 is 2.29 bits per heavy atom. The summed E-state index contributed by atoms with van der Waals surface area (Å²) in [7, 11) is 1.84. The number of hydrogen-bond acceptors (Lipinski definition) is 3. The van der Waals surface area contributed by atoms with Gasteiger partial charge in [0.15, 0.2) is 0 Å². The third-order valence-electron chi connectivity index (χ3n) is 3.43. The average molecular weight is 236 g/mol. The summed E-state index contributed by atoms with van der Waals surface area (Å²) in [6.07, 6.45) is 2.58. The maximum Gasteiger partial charge on any atom is 0.257 e. The van der Waals surface area contributed by atoms with Crippen molar-refractivity contribution < 1.29 is 4.79 Å². The van der Waals surface area contributed by atoms with E-state index >= 15 is 0 Å². The van der Waals surface area contributed by atoms with Gasteiger partial charge < -0.3 is 10.6 Å². The van der Waals surface area contributed by atoms with Crippen LogP contribution in [0.5, 0.6) is 0 Å². The number of nitrogens with zero attached hydrogens (tertiary/aromatic N) is 3. The van der Waals surface area contributed by atoms with E-state index in [0.717, 1.165) is 24.2 Å². The van der Waals surface area contributed by atoms with Crippen molar-refractivity contribution in [3.63, 3.8) is 0 Å². The number of nitrogens with two attached hydrogens (primary N) is 1. The Labute approximate surface area is 102 Å². The molecule has 1 aromatic rings. The van der Waals surface area contributed by atoms with Crippen molar-refractivity contribution in [1.82, 2.24) is 14.7 Å². The van der Waals surface area contributed by atoms with Crippen LogP contribution < -0.4 is 5.73 Å². The average Bonchev–Trinajstić information content (AvgIpc) is 2.82. The van der Waals surface area contributed by atoms with E-state index in [0.29, 0.717) is 12.5 Å². The summed E-state index contributed by atoms with van der Waals surface area (Å²) in [5.41, 5.74) is 7.53. The largest absolute Gasteiger partial charge is 0.337 e. The minimum absolute atomic E-state index is 0.0646. The fourth-order valence-electron chi connectivity index (χ4n) is 2.30. The molecule has 2 atom stereocenters. The molecule has 0 aliphatic carbocycles. The maximum absolute atomic E-state index is 12.3. The van der Waals surface area contributed by atoms with Crippen molar-refractivity contribution in [2.45, 2.75) is 26.3 Å². The van der Waals surface area contributed by atoms with Gasteiger partial charge in [0.2, 0.25) is 0 Å². The molecular formula is C12H20N4O. The molecular weight excluding hydrogens is 216 g/mol. The van der Waals surface area contributed by atoms with Gasteiger partial charge in [0, 0.05) is 32.4 Å². The fourth-order valence-corrected chi connectivity index (χ4v) is 2.30. The van der Waals surface area contributed by atoms with Crippen molar-refractivity contribution in [3.05, 3.63) is 17.5 Å². The summed E-state index contributed by atoms with van der Waals surface area (Å²) < 4.78 is 1.70. The summed E-state index contributed by atoms with van der Waals surface area (Å²) >= 11 is 0. The Hall–Kier alpha value is -1.36. The first-order valence-electron chi connectivity index (χ1n) is 6.10. The lowest BCUT2D eigenvalue weighted by Gasteiger charge is -2.15. The molecule has 0 bridgehead atoms. The van der Waals surface area contributed by atoms with E-state index in [1.807, 2.05) is 18.9 Å². The van der Waals surface area contributed by atoms with Crippen LogP contribution in [0.3, 0.4) is 0 Å². The molecule has 2 N–H and O–H groups in total. The molecule has 1 aromatic heterocycles. The topological polar surface area (TPSA) is 64.2 Å². The highest BCUT2D eigenvalue weighted by Crippen LogP contribution is 2.19. The lowest BCUT2D eigenvalue weighted by atomic mass is 10.1. The zero-order chi connectivity index (χ0) is 12.6. The van der Waals surface area contributed by atoms with Crippen LogP contribution in [0.15, 0.2) is 6.20 Å². The van der Waals surface area contributed by atoms with Crippen LogP contribution in [-0.2, 0) is 13.5 Å². The number of carbonyl (C=O) groups is 1. The van der Waals surface area contributed by atoms with Crippen molar-refractivity contribution in [3.8, 4) is 0 Å². The molecule has 94 valence electrons. The Kier molecular flexibility index (Phi) is 3.19. The van der Waals surface area contributed by atoms with Crippen LogP contribution in [-0.4, -0.2) is 39.7 Å². The van der Waals surface area contributed by atoms with Gasteiger partial charge in [-0.2, -0.15) is 5.10 Å². The minimum atomic E-state index is 0.0646. The number of hydrogen-bond donors (Lipinski definition) is 1. The van der Waals surface area contributed by atoms with E-state index < -0.39 is 0 Å². The summed E-state index contributed by atoms with van der Waals surface area (Å²) in [6, 6.07) is 0.0979. The summed E-state index contributed by atoms with van der Waals surface area (Å²) in [5, 5.41) is 4.30. The number of amides is 1. The Balaban J connectivity index is 2.20. The molecule has 0 spiro atoms. The molecule has 1 saturated heterocycles. The molecule has 2 heterocycles. The van der Waals surface area contributed by atoms with Gasteiger partial charge in [0.1, 0.15) is 0 Å². The number of likely N-dealkylation sites (tertiary alicyclic amines) is 1. The van der Waals surface area contributed by atoms with Gasteiger partial charge in [0.05, 0.1) is 11.3 Å². The fraction of sp³-hybridized carbons (Fsp3) is 0.667. The smallest absolute Gasteiger partial charge is 0.257 e. The molecule has 1 aliphatic heterocycles. The molecule has 2 unspecified atom stereocenters. The third kappa shape index (κ3) is 2.20. The molecule has 1 aliphatic rings. The highest BCUT2D eigenvalue weighted by molar-refractivity contribution is 5.95. The van der Waals surface area contributed by atoms with Crippen LogP contribution >= 0.6 is 0 Å². The first-order chi connectivity index (χ1) is 8.02. The van der Waals surface area contributed by atoms with E-state index in [4.69, 9.17) is 5.73 Å². The van der Waals surface area contributed by atoms with Crippen LogP contribution in [0.4, 0.5) is 0 Å². The molecule has 0 radical (unpaired) electrons. The van der Waals surface area contributed by atoms with Gasteiger partial charge in [-0.1, -0.05) is 13.8 Å². The van der Waals surface area contributed by atoms with Crippen molar-refractivity contribution in [1.29, 1.82) is 0 Å². The molecule has 5 nitrogen and oxygen atoms in total. The Morgan fingerprint density at radius 1 is 1.59 bits per heavy atom. The monoisotopic (exact) mass is 236 g/mol. The molecule has 5 heteroatoms. The number of carbonyl (C=O) groups excluding carboxylic acids is 1. The van der Waals surface area contributed by atoms with Gasteiger partial charge in [-0.15, -0.1) is 0 Å². The lowest BCUT2D eigenvalue weighted by molar-refractivity contribution is 0.0785.